The first kappa shape index (κ1) is 20.1. The second kappa shape index (κ2) is 10.1. The molecule has 2 rings (SSSR count). The first-order chi connectivity index (χ1) is 12.5. The molecule has 0 bridgehead atoms. The van der Waals surface area contributed by atoms with Crippen LogP contribution in [0.2, 0.25) is 0 Å². The summed E-state index contributed by atoms with van der Waals surface area (Å²) in [5, 5.41) is 6.21. The van der Waals surface area contributed by atoms with E-state index in [1.807, 2.05) is 24.3 Å². The van der Waals surface area contributed by atoms with Crippen molar-refractivity contribution in [2.75, 3.05) is 34.4 Å². The van der Waals surface area contributed by atoms with Crippen LogP contribution in [0.3, 0.4) is 0 Å². The summed E-state index contributed by atoms with van der Waals surface area (Å²) in [6.07, 6.45) is -0.00327. The molecule has 1 heterocycles. The van der Waals surface area contributed by atoms with Gasteiger partial charge < -0.3 is 19.7 Å². The summed E-state index contributed by atoms with van der Waals surface area (Å²) in [5.41, 5.74) is 0.968. The lowest BCUT2D eigenvalue weighted by Gasteiger charge is -2.21. The van der Waals surface area contributed by atoms with Gasteiger partial charge in [-0.25, -0.2) is 9.37 Å². The monoisotopic (exact) mass is 380 g/mol. The second-order valence-corrected chi connectivity index (χ2v) is 6.58. The number of ether oxygens (including phenoxy) is 2. The van der Waals surface area contributed by atoms with Gasteiger partial charge in [0.05, 0.1) is 18.8 Å². The summed E-state index contributed by atoms with van der Waals surface area (Å²) >= 11 is 1.59. The molecule has 1 aromatic heterocycles. The van der Waals surface area contributed by atoms with Crippen molar-refractivity contribution >= 4 is 17.3 Å². The molecule has 2 aromatic rings. The van der Waals surface area contributed by atoms with Crippen LogP contribution in [0.15, 0.2) is 34.6 Å². The summed E-state index contributed by atoms with van der Waals surface area (Å²) in [4.78, 5) is 10.8. The van der Waals surface area contributed by atoms with E-state index in [9.17, 15) is 4.39 Å². The third kappa shape index (κ3) is 5.96. The molecule has 0 saturated heterocycles. The summed E-state index contributed by atoms with van der Waals surface area (Å²) in [6, 6.07) is 6.10. The number of aromatic nitrogens is 1. The number of hydrogen-bond donors (Lipinski definition) is 1. The average Bonchev–Trinajstić information content (AvgIpc) is 3.09. The SMILES string of the molecule is CN=C(NCCOc1cccc(F)c1)N(C)Cc1csc(C(C)OC)n1. The van der Waals surface area contributed by atoms with Crippen molar-refractivity contribution in [3.05, 3.63) is 46.2 Å². The zero-order chi connectivity index (χ0) is 18.9. The molecule has 0 amide bonds. The Kier molecular flexibility index (Phi) is 7.80. The van der Waals surface area contributed by atoms with Crippen LogP contribution in [0.25, 0.3) is 0 Å². The maximum absolute atomic E-state index is 13.1. The summed E-state index contributed by atoms with van der Waals surface area (Å²) < 4.78 is 23.9. The highest BCUT2D eigenvalue weighted by Crippen LogP contribution is 2.20. The van der Waals surface area contributed by atoms with Gasteiger partial charge in [0.2, 0.25) is 0 Å². The average molecular weight is 380 g/mol. The van der Waals surface area contributed by atoms with Gasteiger partial charge in [-0.05, 0) is 19.1 Å². The van der Waals surface area contributed by atoms with Crippen molar-refractivity contribution < 1.29 is 13.9 Å². The largest absolute Gasteiger partial charge is 0.492 e. The van der Waals surface area contributed by atoms with Gasteiger partial charge in [0.15, 0.2) is 5.96 Å². The fourth-order valence-electron chi connectivity index (χ4n) is 2.27. The second-order valence-electron chi connectivity index (χ2n) is 5.69. The van der Waals surface area contributed by atoms with E-state index in [4.69, 9.17) is 9.47 Å². The van der Waals surface area contributed by atoms with Gasteiger partial charge in [-0.3, -0.25) is 4.99 Å². The van der Waals surface area contributed by atoms with Crippen molar-refractivity contribution in [1.82, 2.24) is 15.2 Å². The smallest absolute Gasteiger partial charge is 0.193 e. The van der Waals surface area contributed by atoms with Crippen molar-refractivity contribution in [3.8, 4) is 5.75 Å². The van der Waals surface area contributed by atoms with Crippen molar-refractivity contribution in [2.24, 2.45) is 4.99 Å². The minimum atomic E-state index is -0.309. The minimum Gasteiger partial charge on any atom is -0.492 e. The Morgan fingerprint density at radius 2 is 2.27 bits per heavy atom. The van der Waals surface area contributed by atoms with Crippen LogP contribution in [0.5, 0.6) is 5.75 Å². The molecule has 0 fully saturated rings. The Morgan fingerprint density at radius 1 is 1.46 bits per heavy atom. The van der Waals surface area contributed by atoms with Crippen LogP contribution < -0.4 is 10.1 Å². The number of aliphatic imine (C=N–C) groups is 1. The van der Waals surface area contributed by atoms with E-state index in [2.05, 4.69) is 15.3 Å². The molecule has 0 saturated carbocycles. The third-order valence-electron chi connectivity index (χ3n) is 3.69. The van der Waals surface area contributed by atoms with Gasteiger partial charge in [0.1, 0.15) is 29.3 Å². The van der Waals surface area contributed by atoms with E-state index >= 15 is 0 Å². The van der Waals surface area contributed by atoms with Crippen LogP contribution in [0.1, 0.15) is 23.7 Å². The Morgan fingerprint density at radius 3 is 2.96 bits per heavy atom. The molecule has 1 aromatic carbocycles. The predicted octanol–water partition coefficient (Wildman–Crippen LogP) is 3.08. The zero-order valence-electron chi connectivity index (χ0n) is 15.5. The van der Waals surface area contributed by atoms with Gasteiger partial charge in [-0.2, -0.15) is 0 Å². The normalized spacial score (nSPS) is 12.7. The molecule has 1 N–H and O–H groups in total. The molecule has 0 radical (unpaired) electrons. The number of halogens is 1. The lowest BCUT2D eigenvalue weighted by Crippen LogP contribution is -2.40. The van der Waals surface area contributed by atoms with Crippen LogP contribution in [0.4, 0.5) is 4.39 Å². The Hall–Kier alpha value is -2.19. The molecule has 1 unspecified atom stereocenters. The van der Waals surface area contributed by atoms with Gasteiger partial charge in [-0.1, -0.05) is 6.07 Å². The molecule has 142 valence electrons. The van der Waals surface area contributed by atoms with E-state index in [-0.39, 0.29) is 11.9 Å². The molecule has 6 nitrogen and oxygen atoms in total. The predicted molar refractivity (Wildman–Crippen MR) is 102 cm³/mol. The minimum absolute atomic E-state index is 0.00327. The van der Waals surface area contributed by atoms with Gasteiger partial charge in [0, 0.05) is 32.7 Å². The fourth-order valence-corrected chi connectivity index (χ4v) is 3.12. The topological polar surface area (TPSA) is 59.0 Å². The van der Waals surface area contributed by atoms with Crippen molar-refractivity contribution in [3.63, 3.8) is 0 Å². The lowest BCUT2D eigenvalue weighted by molar-refractivity contribution is 0.119. The van der Waals surface area contributed by atoms with E-state index in [1.54, 1.807) is 37.6 Å². The van der Waals surface area contributed by atoms with E-state index < -0.39 is 0 Å². The van der Waals surface area contributed by atoms with Gasteiger partial charge >= 0.3 is 0 Å². The van der Waals surface area contributed by atoms with Gasteiger partial charge in [-0.15, -0.1) is 11.3 Å². The number of thiazole rings is 1. The molecule has 0 aliphatic heterocycles. The zero-order valence-corrected chi connectivity index (χ0v) is 16.3. The molecule has 0 spiro atoms. The quantitative estimate of drug-likeness (QED) is 0.433. The molecular weight excluding hydrogens is 355 g/mol. The van der Waals surface area contributed by atoms with E-state index in [0.717, 1.165) is 16.7 Å². The summed E-state index contributed by atoms with van der Waals surface area (Å²) in [5.74, 6) is 0.941. The molecule has 1 atom stereocenters. The number of nitrogens with zero attached hydrogens (tertiary/aromatic N) is 3. The molecule has 0 aliphatic carbocycles. The third-order valence-corrected chi connectivity index (χ3v) is 4.75. The van der Waals surface area contributed by atoms with Crippen LogP contribution in [-0.2, 0) is 11.3 Å². The number of hydrogen-bond acceptors (Lipinski definition) is 5. The number of rotatable bonds is 8. The van der Waals surface area contributed by atoms with Crippen molar-refractivity contribution in [1.29, 1.82) is 0 Å². The number of nitrogens with one attached hydrogen (secondary N) is 1. The Labute approximate surface area is 157 Å². The molecule has 0 aliphatic rings. The maximum atomic E-state index is 13.1. The van der Waals surface area contributed by atoms with Crippen molar-refractivity contribution in [2.45, 2.75) is 19.6 Å². The van der Waals surface area contributed by atoms with E-state index in [0.29, 0.717) is 25.4 Å². The maximum Gasteiger partial charge on any atom is 0.193 e. The van der Waals surface area contributed by atoms with Crippen LogP contribution in [-0.4, -0.2) is 50.2 Å². The molecule has 8 heteroatoms. The number of guanidine groups is 1. The highest BCUT2D eigenvalue weighted by Gasteiger charge is 2.12. The molecule has 26 heavy (non-hydrogen) atoms. The summed E-state index contributed by atoms with van der Waals surface area (Å²) in [6.45, 7) is 3.57. The van der Waals surface area contributed by atoms with Crippen LogP contribution >= 0.6 is 11.3 Å². The highest BCUT2D eigenvalue weighted by molar-refractivity contribution is 7.09. The first-order valence-corrected chi connectivity index (χ1v) is 9.18. The van der Waals surface area contributed by atoms with Gasteiger partial charge in [0.25, 0.3) is 0 Å². The lowest BCUT2D eigenvalue weighted by atomic mass is 10.3. The Bertz CT molecular complexity index is 723. The molecular formula is C18H25FN4O2S. The highest BCUT2D eigenvalue weighted by atomic mass is 32.1. The first-order valence-electron chi connectivity index (χ1n) is 8.30. The van der Waals surface area contributed by atoms with E-state index in [1.165, 1.54) is 12.1 Å². The Balaban J connectivity index is 1.79. The fraction of sp³-hybridized carbons (Fsp3) is 0.444. The number of methoxy groups -OCH3 is 1. The van der Waals surface area contributed by atoms with Crippen LogP contribution in [0, 0.1) is 5.82 Å². The summed E-state index contributed by atoms with van der Waals surface area (Å²) in [7, 11) is 5.35. The number of benzene rings is 1. The standard InChI is InChI=1S/C18H25FN4O2S/c1-13(24-4)17-22-15(12-26-17)11-23(3)18(20-2)21-8-9-25-16-7-5-6-14(19)10-16/h5-7,10,12-13H,8-9,11H2,1-4H3,(H,20,21).